The summed E-state index contributed by atoms with van der Waals surface area (Å²) in [5, 5.41) is 3.28. The minimum Gasteiger partial charge on any atom is -0.376 e. The van der Waals surface area contributed by atoms with E-state index < -0.39 is 0 Å². The molecule has 0 bridgehead atoms. The van der Waals surface area contributed by atoms with E-state index in [1.54, 1.807) is 0 Å². The summed E-state index contributed by atoms with van der Waals surface area (Å²) in [6, 6.07) is 0.282. The number of nitrogens with zero attached hydrogens (tertiary/aromatic N) is 1. The molecule has 5 heteroatoms. The van der Waals surface area contributed by atoms with Crippen LogP contribution < -0.4 is 11.1 Å². The quantitative estimate of drug-likeness (QED) is 0.712. The highest BCUT2D eigenvalue weighted by atomic mass is 16.5. The van der Waals surface area contributed by atoms with Crippen LogP contribution in [0.25, 0.3) is 0 Å². The van der Waals surface area contributed by atoms with Crippen LogP contribution in [0.15, 0.2) is 0 Å². The van der Waals surface area contributed by atoms with Crippen molar-refractivity contribution < 1.29 is 9.53 Å². The number of carbonyl (C=O) groups is 1. The maximum Gasteiger partial charge on any atom is 0.222 e. The molecule has 2 aliphatic rings. The predicted octanol–water partition coefficient (Wildman–Crippen LogP) is -0.295. The topological polar surface area (TPSA) is 67.6 Å². The van der Waals surface area contributed by atoms with Gasteiger partial charge in [-0.05, 0) is 19.3 Å². The van der Waals surface area contributed by atoms with Crippen LogP contribution in [0, 0.1) is 0 Å². The average Bonchev–Trinajstić information content (AvgIpc) is 2.38. The zero-order valence-corrected chi connectivity index (χ0v) is 10.4. The molecule has 0 aromatic rings. The van der Waals surface area contributed by atoms with E-state index in [2.05, 4.69) is 5.32 Å². The number of morpholine rings is 1. The van der Waals surface area contributed by atoms with Gasteiger partial charge in [0, 0.05) is 38.6 Å². The van der Waals surface area contributed by atoms with Gasteiger partial charge in [0.1, 0.15) is 0 Å². The van der Waals surface area contributed by atoms with Crippen molar-refractivity contribution in [1.82, 2.24) is 10.2 Å². The molecule has 2 rings (SSSR count). The molecular weight excluding hydrogens is 218 g/mol. The van der Waals surface area contributed by atoms with Gasteiger partial charge in [-0.1, -0.05) is 0 Å². The fraction of sp³-hybridized carbons (Fsp3) is 0.917. The average molecular weight is 241 g/mol. The van der Waals surface area contributed by atoms with Crippen LogP contribution in [0.4, 0.5) is 0 Å². The Morgan fingerprint density at radius 2 is 2.18 bits per heavy atom. The number of rotatable bonds is 3. The second-order valence-electron chi connectivity index (χ2n) is 4.95. The number of amides is 1. The number of hydrogen-bond acceptors (Lipinski definition) is 4. The largest absolute Gasteiger partial charge is 0.376 e. The zero-order valence-electron chi connectivity index (χ0n) is 10.4. The zero-order chi connectivity index (χ0) is 12.1. The van der Waals surface area contributed by atoms with Crippen molar-refractivity contribution in [3.63, 3.8) is 0 Å². The number of piperidine rings is 1. The van der Waals surface area contributed by atoms with E-state index in [4.69, 9.17) is 10.5 Å². The Morgan fingerprint density at radius 1 is 1.41 bits per heavy atom. The van der Waals surface area contributed by atoms with Gasteiger partial charge in [0.05, 0.1) is 12.7 Å². The van der Waals surface area contributed by atoms with Crippen molar-refractivity contribution in [1.29, 1.82) is 0 Å². The number of nitrogens with two attached hydrogens (primary N) is 1. The van der Waals surface area contributed by atoms with Crippen LogP contribution >= 0.6 is 0 Å². The maximum absolute atomic E-state index is 12.0. The molecule has 5 nitrogen and oxygen atoms in total. The summed E-state index contributed by atoms with van der Waals surface area (Å²) < 4.78 is 5.58. The molecule has 2 aliphatic heterocycles. The van der Waals surface area contributed by atoms with Crippen molar-refractivity contribution in [3.8, 4) is 0 Å². The third kappa shape index (κ3) is 3.94. The van der Waals surface area contributed by atoms with Crippen molar-refractivity contribution in [2.75, 3.05) is 32.8 Å². The number of ether oxygens (including phenoxy) is 1. The molecule has 1 amide bonds. The van der Waals surface area contributed by atoms with Crippen molar-refractivity contribution in [2.24, 2.45) is 5.73 Å². The van der Waals surface area contributed by atoms with Gasteiger partial charge in [0.2, 0.25) is 5.91 Å². The third-order valence-electron chi connectivity index (χ3n) is 3.58. The Labute approximate surface area is 103 Å². The SMILES string of the molecule is NC1CCN(C(=O)CC[C@@H]2CNCCO2)CC1. The first-order valence-corrected chi connectivity index (χ1v) is 6.61. The second-order valence-corrected chi connectivity index (χ2v) is 4.95. The Bertz CT molecular complexity index is 246. The van der Waals surface area contributed by atoms with Gasteiger partial charge in [0.15, 0.2) is 0 Å². The summed E-state index contributed by atoms with van der Waals surface area (Å²) in [5.74, 6) is 0.256. The first-order valence-electron chi connectivity index (χ1n) is 6.61. The highest BCUT2D eigenvalue weighted by Gasteiger charge is 2.22. The van der Waals surface area contributed by atoms with Gasteiger partial charge in [-0.3, -0.25) is 4.79 Å². The molecule has 0 aromatic heterocycles. The molecule has 0 unspecified atom stereocenters. The van der Waals surface area contributed by atoms with E-state index in [0.29, 0.717) is 6.42 Å². The van der Waals surface area contributed by atoms with E-state index in [1.165, 1.54) is 0 Å². The van der Waals surface area contributed by atoms with E-state index in [9.17, 15) is 4.79 Å². The van der Waals surface area contributed by atoms with Crippen molar-refractivity contribution >= 4 is 5.91 Å². The van der Waals surface area contributed by atoms with E-state index >= 15 is 0 Å². The molecule has 2 fully saturated rings. The lowest BCUT2D eigenvalue weighted by Crippen LogP contribution is -2.43. The highest BCUT2D eigenvalue weighted by molar-refractivity contribution is 5.76. The van der Waals surface area contributed by atoms with Gasteiger partial charge >= 0.3 is 0 Å². The van der Waals surface area contributed by atoms with Crippen LogP contribution in [-0.4, -0.2) is 55.7 Å². The van der Waals surface area contributed by atoms with Crippen LogP contribution in [0.2, 0.25) is 0 Å². The van der Waals surface area contributed by atoms with Crippen LogP contribution in [0.1, 0.15) is 25.7 Å². The standard InChI is InChI=1S/C12H23N3O2/c13-10-3-6-15(7-4-10)12(16)2-1-11-9-14-5-8-17-11/h10-11,14H,1-9,13H2/t11-/m1/s1. The molecule has 1 atom stereocenters. The highest BCUT2D eigenvalue weighted by Crippen LogP contribution is 2.12. The third-order valence-corrected chi connectivity index (χ3v) is 3.58. The lowest BCUT2D eigenvalue weighted by atomic mass is 10.1. The van der Waals surface area contributed by atoms with Crippen molar-refractivity contribution in [2.45, 2.75) is 37.8 Å². The Hall–Kier alpha value is -0.650. The first-order chi connectivity index (χ1) is 8.25. The summed E-state index contributed by atoms with van der Waals surface area (Å²) in [7, 11) is 0. The minimum absolute atomic E-state index is 0.208. The molecule has 2 saturated heterocycles. The fourth-order valence-electron chi connectivity index (χ4n) is 2.40. The predicted molar refractivity (Wildman–Crippen MR) is 65.6 cm³/mol. The van der Waals surface area contributed by atoms with E-state index in [0.717, 1.165) is 52.0 Å². The van der Waals surface area contributed by atoms with E-state index in [1.807, 2.05) is 4.90 Å². The van der Waals surface area contributed by atoms with Crippen LogP contribution in [0.3, 0.4) is 0 Å². The van der Waals surface area contributed by atoms with Crippen molar-refractivity contribution in [3.05, 3.63) is 0 Å². The second kappa shape index (κ2) is 6.33. The number of hydrogen-bond donors (Lipinski definition) is 2. The monoisotopic (exact) mass is 241 g/mol. The van der Waals surface area contributed by atoms with Gasteiger partial charge in [-0.2, -0.15) is 0 Å². The summed E-state index contributed by atoms with van der Waals surface area (Å²) in [5.41, 5.74) is 5.82. The molecule has 0 radical (unpaired) electrons. The summed E-state index contributed by atoms with van der Waals surface area (Å²) >= 11 is 0. The molecular formula is C12H23N3O2. The Balaban J connectivity index is 1.66. The first kappa shape index (κ1) is 12.8. The maximum atomic E-state index is 12.0. The molecule has 2 heterocycles. The van der Waals surface area contributed by atoms with Gasteiger partial charge < -0.3 is 20.7 Å². The van der Waals surface area contributed by atoms with E-state index in [-0.39, 0.29) is 18.1 Å². The number of likely N-dealkylation sites (tertiary alicyclic amines) is 1. The lowest BCUT2D eigenvalue weighted by Gasteiger charge is -2.31. The fourth-order valence-corrected chi connectivity index (χ4v) is 2.40. The van der Waals surface area contributed by atoms with Gasteiger partial charge in [-0.15, -0.1) is 0 Å². The Kier molecular flexibility index (Phi) is 4.76. The van der Waals surface area contributed by atoms with Crippen LogP contribution in [0.5, 0.6) is 0 Å². The summed E-state index contributed by atoms with van der Waals surface area (Å²) in [4.78, 5) is 13.9. The molecule has 17 heavy (non-hydrogen) atoms. The summed E-state index contributed by atoms with van der Waals surface area (Å²) in [6.07, 6.45) is 3.51. The lowest BCUT2D eigenvalue weighted by molar-refractivity contribution is -0.133. The molecule has 3 N–H and O–H groups in total. The van der Waals surface area contributed by atoms with Gasteiger partial charge in [0.25, 0.3) is 0 Å². The number of carbonyl (C=O) groups excluding carboxylic acids is 1. The summed E-state index contributed by atoms with van der Waals surface area (Å²) in [6.45, 7) is 4.21. The Morgan fingerprint density at radius 3 is 2.82 bits per heavy atom. The smallest absolute Gasteiger partial charge is 0.222 e. The molecule has 0 saturated carbocycles. The van der Waals surface area contributed by atoms with Crippen LogP contribution in [-0.2, 0) is 9.53 Å². The molecule has 0 aliphatic carbocycles. The molecule has 98 valence electrons. The molecule has 0 aromatic carbocycles. The minimum atomic E-state index is 0.208. The number of nitrogens with one attached hydrogen (secondary N) is 1. The molecule has 0 spiro atoms. The van der Waals surface area contributed by atoms with Gasteiger partial charge in [-0.25, -0.2) is 0 Å². The normalized spacial score (nSPS) is 27.1.